The Kier molecular flexibility index (Phi) is 5.54. The number of Topliss-reactive ketones (excluding diaryl/α,β-unsaturated/α-hetero) is 1. The minimum Gasteiger partial charge on any atom is -0.508 e. The van der Waals surface area contributed by atoms with Gasteiger partial charge in [-0.2, -0.15) is 0 Å². The van der Waals surface area contributed by atoms with E-state index in [1.54, 1.807) is 48.5 Å². The number of phenolic OH excluding ortho intramolecular Hbond substituents is 1. The molecule has 3 aromatic rings. The van der Waals surface area contributed by atoms with Gasteiger partial charge in [-0.25, -0.2) is 4.39 Å². The first-order valence-electron chi connectivity index (χ1n) is 9.83. The zero-order valence-corrected chi connectivity index (χ0v) is 16.5. The maximum Gasteiger partial charge on any atom is 0.295 e. The SMILES string of the molecule is O=C1C(=O)N(CCc2ccc(O)cc2)[C@H](c2ccccc2F)C1=C(O)c1ccccc1. The highest BCUT2D eigenvalue weighted by molar-refractivity contribution is 6.46. The van der Waals surface area contributed by atoms with Crippen LogP contribution in [0.15, 0.2) is 84.4 Å². The largest absolute Gasteiger partial charge is 0.508 e. The van der Waals surface area contributed by atoms with Gasteiger partial charge >= 0.3 is 0 Å². The Morgan fingerprint density at radius 3 is 2.23 bits per heavy atom. The van der Waals surface area contributed by atoms with Gasteiger partial charge < -0.3 is 15.1 Å². The number of halogens is 1. The summed E-state index contributed by atoms with van der Waals surface area (Å²) in [6, 6.07) is 19.8. The standard InChI is InChI=1S/C25H20FNO4/c26-20-9-5-4-8-19(20)22-21(23(29)17-6-2-1-3-7-17)24(30)25(31)27(22)15-14-16-10-12-18(28)13-11-16/h1-13,22,28-29H,14-15H2/t22-/m1/s1. The first-order chi connectivity index (χ1) is 15.0. The number of aromatic hydroxyl groups is 1. The Hall–Kier alpha value is -3.93. The van der Waals surface area contributed by atoms with E-state index in [2.05, 4.69) is 0 Å². The summed E-state index contributed by atoms with van der Waals surface area (Å²) in [6.07, 6.45) is 0.392. The number of aliphatic hydroxyl groups is 1. The first-order valence-corrected chi connectivity index (χ1v) is 9.83. The second kappa shape index (κ2) is 8.44. The summed E-state index contributed by atoms with van der Waals surface area (Å²) in [4.78, 5) is 27.1. The third-order valence-electron chi connectivity index (χ3n) is 5.36. The zero-order valence-electron chi connectivity index (χ0n) is 16.5. The molecule has 0 radical (unpaired) electrons. The fourth-order valence-corrected chi connectivity index (χ4v) is 3.79. The summed E-state index contributed by atoms with van der Waals surface area (Å²) in [5, 5.41) is 20.3. The van der Waals surface area contributed by atoms with Gasteiger partial charge in [0.15, 0.2) is 0 Å². The number of likely N-dealkylation sites (tertiary alicyclic amines) is 1. The van der Waals surface area contributed by atoms with Crippen LogP contribution in [0, 0.1) is 5.82 Å². The summed E-state index contributed by atoms with van der Waals surface area (Å²) in [5.41, 5.74) is 1.23. The van der Waals surface area contributed by atoms with Gasteiger partial charge in [0, 0.05) is 17.7 Å². The molecule has 0 spiro atoms. The minimum atomic E-state index is -1.04. The van der Waals surface area contributed by atoms with Crippen LogP contribution in [0.4, 0.5) is 4.39 Å². The van der Waals surface area contributed by atoms with E-state index in [1.165, 1.54) is 35.2 Å². The molecule has 6 heteroatoms. The molecule has 1 atom stereocenters. The predicted octanol–water partition coefficient (Wildman–Crippen LogP) is 4.20. The lowest BCUT2D eigenvalue weighted by Crippen LogP contribution is -2.32. The van der Waals surface area contributed by atoms with Gasteiger partial charge in [0.05, 0.1) is 11.6 Å². The highest BCUT2D eigenvalue weighted by atomic mass is 19.1. The van der Waals surface area contributed by atoms with Crippen LogP contribution in [-0.4, -0.2) is 33.3 Å². The summed E-state index contributed by atoms with van der Waals surface area (Å²) in [7, 11) is 0. The van der Waals surface area contributed by atoms with Crippen LogP contribution in [0.5, 0.6) is 5.75 Å². The number of ketones is 1. The lowest BCUT2D eigenvalue weighted by molar-refractivity contribution is -0.139. The van der Waals surface area contributed by atoms with Crippen LogP contribution in [0.2, 0.25) is 0 Å². The molecule has 1 aliphatic heterocycles. The van der Waals surface area contributed by atoms with Crippen molar-refractivity contribution in [3.05, 3.63) is 107 Å². The number of carbonyl (C=O) groups is 2. The predicted molar refractivity (Wildman–Crippen MR) is 114 cm³/mol. The van der Waals surface area contributed by atoms with Crippen molar-refractivity contribution in [3.8, 4) is 5.75 Å². The number of benzene rings is 3. The molecule has 4 rings (SSSR count). The third-order valence-corrected chi connectivity index (χ3v) is 5.36. The van der Waals surface area contributed by atoms with E-state index in [1.807, 2.05) is 0 Å². The monoisotopic (exact) mass is 417 g/mol. The molecule has 1 heterocycles. The van der Waals surface area contributed by atoms with Crippen molar-refractivity contribution in [3.63, 3.8) is 0 Å². The lowest BCUT2D eigenvalue weighted by Gasteiger charge is -2.25. The molecule has 1 fully saturated rings. The van der Waals surface area contributed by atoms with Crippen molar-refractivity contribution >= 4 is 17.4 Å². The molecular weight excluding hydrogens is 397 g/mol. The van der Waals surface area contributed by atoms with Gasteiger partial charge in [-0.3, -0.25) is 9.59 Å². The second-order valence-electron chi connectivity index (χ2n) is 7.30. The van der Waals surface area contributed by atoms with Crippen molar-refractivity contribution in [1.29, 1.82) is 0 Å². The summed E-state index contributed by atoms with van der Waals surface area (Å²) in [5.74, 6) is -2.41. The number of rotatable bonds is 5. The molecular formula is C25H20FNO4. The Morgan fingerprint density at radius 1 is 0.903 bits per heavy atom. The van der Waals surface area contributed by atoms with E-state index in [0.29, 0.717) is 12.0 Å². The molecule has 0 bridgehead atoms. The molecule has 0 aromatic heterocycles. The number of hydrogen-bond acceptors (Lipinski definition) is 4. The average molecular weight is 417 g/mol. The van der Waals surface area contributed by atoms with Gasteiger partial charge in [-0.15, -0.1) is 0 Å². The Balaban J connectivity index is 1.78. The molecule has 156 valence electrons. The van der Waals surface area contributed by atoms with Crippen LogP contribution in [0.1, 0.15) is 22.7 Å². The maximum absolute atomic E-state index is 14.7. The summed E-state index contributed by atoms with van der Waals surface area (Å²) < 4.78 is 14.7. The Labute approximate surface area is 178 Å². The first kappa shape index (κ1) is 20.3. The fraction of sp³-hybridized carbons (Fsp3) is 0.120. The zero-order chi connectivity index (χ0) is 22.0. The Morgan fingerprint density at radius 2 is 1.55 bits per heavy atom. The molecule has 0 saturated carbocycles. The Bertz CT molecular complexity index is 1160. The third kappa shape index (κ3) is 3.92. The van der Waals surface area contributed by atoms with Gasteiger partial charge in [0.1, 0.15) is 17.3 Å². The van der Waals surface area contributed by atoms with Gasteiger partial charge in [-0.05, 0) is 30.2 Å². The summed E-state index contributed by atoms with van der Waals surface area (Å²) >= 11 is 0. The molecule has 3 aromatic carbocycles. The number of amides is 1. The normalized spacial score (nSPS) is 17.8. The van der Waals surface area contributed by atoms with Crippen LogP contribution >= 0.6 is 0 Å². The van der Waals surface area contributed by atoms with Gasteiger partial charge in [0.25, 0.3) is 11.7 Å². The molecule has 31 heavy (non-hydrogen) atoms. The summed E-state index contributed by atoms with van der Waals surface area (Å²) in [6.45, 7) is 0.139. The van der Waals surface area contributed by atoms with E-state index in [0.717, 1.165) is 5.56 Å². The number of carbonyl (C=O) groups excluding carboxylic acids is 2. The van der Waals surface area contributed by atoms with E-state index in [4.69, 9.17) is 0 Å². The molecule has 0 aliphatic carbocycles. The lowest BCUT2D eigenvalue weighted by atomic mass is 9.95. The highest BCUT2D eigenvalue weighted by Gasteiger charge is 2.46. The number of hydrogen-bond donors (Lipinski definition) is 2. The van der Waals surface area contributed by atoms with Crippen LogP contribution < -0.4 is 0 Å². The van der Waals surface area contributed by atoms with E-state index < -0.39 is 23.5 Å². The topological polar surface area (TPSA) is 77.8 Å². The number of aliphatic hydroxyl groups excluding tert-OH is 1. The van der Waals surface area contributed by atoms with Crippen LogP contribution in [0.25, 0.3) is 5.76 Å². The van der Waals surface area contributed by atoms with E-state index >= 15 is 0 Å². The molecule has 5 nitrogen and oxygen atoms in total. The highest BCUT2D eigenvalue weighted by Crippen LogP contribution is 2.40. The quantitative estimate of drug-likeness (QED) is 0.371. The van der Waals surface area contributed by atoms with Crippen LogP contribution in [0.3, 0.4) is 0 Å². The fourth-order valence-electron chi connectivity index (χ4n) is 3.79. The smallest absolute Gasteiger partial charge is 0.295 e. The molecule has 2 N–H and O–H groups in total. The maximum atomic E-state index is 14.7. The van der Waals surface area contributed by atoms with Crippen molar-refractivity contribution < 1.29 is 24.2 Å². The molecule has 1 saturated heterocycles. The van der Waals surface area contributed by atoms with E-state index in [9.17, 15) is 24.2 Å². The average Bonchev–Trinajstić information content (AvgIpc) is 3.04. The van der Waals surface area contributed by atoms with E-state index in [-0.39, 0.29) is 29.2 Å². The number of nitrogens with zero attached hydrogens (tertiary/aromatic N) is 1. The van der Waals surface area contributed by atoms with Crippen molar-refractivity contribution in [2.24, 2.45) is 0 Å². The van der Waals surface area contributed by atoms with Crippen molar-refractivity contribution in [2.75, 3.05) is 6.54 Å². The van der Waals surface area contributed by atoms with Crippen molar-refractivity contribution in [2.45, 2.75) is 12.5 Å². The van der Waals surface area contributed by atoms with Crippen LogP contribution in [-0.2, 0) is 16.0 Å². The van der Waals surface area contributed by atoms with Crippen molar-refractivity contribution in [1.82, 2.24) is 4.90 Å². The minimum absolute atomic E-state index is 0.124. The van der Waals surface area contributed by atoms with Gasteiger partial charge in [-0.1, -0.05) is 60.7 Å². The second-order valence-corrected chi connectivity index (χ2v) is 7.30. The molecule has 1 amide bonds. The molecule has 0 unspecified atom stereocenters. The number of phenols is 1. The van der Waals surface area contributed by atoms with Gasteiger partial charge in [0.2, 0.25) is 0 Å². The molecule has 1 aliphatic rings.